The Bertz CT molecular complexity index is 632. The van der Waals surface area contributed by atoms with Gasteiger partial charge in [0.1, 0.15) is 0 Å². The van der Waals surface area contributed by atoms with Crippen molar-refractivity contribution < 1.29 is 9.66 Å². The Hall–Kier alpha value is -2.18. The van der Waals surface area contributed by atoms with Gasteiger partial charge in [0, 0.05) is 37.5 Å². The molecule has 1 N–H and O–H groups in total. The van der Waals surface area contributed by atoms with Gasteiger partial charge in [-0.2, -0.15) is 0 Å². The van der Waals surface area contributed by atoms with E-state index >= 15 is 0 Å². The Morgan fingerprint density at radius 1 is 1.33 bits per heavy atom. The lowest BCUT2D eigenvalue weighted by Gasteiger charge is -2.07. The quantitative estimate of drug-likeness (QED) is 0.656. The van der Waals surface area contributed by atoms with Gasteiger partial charge in [-0.25, -0.2) is 4.98 Å². The Kier molecular flexibility index (Phi) is 5.08. The molecule has 7 heteroatoms. The summed E-state index contributed by atoms with van der Waals surface area (Å²) in [7, 11) is 1.57. The van der Waals surface area contributed by atoms with Crippen LogP contribution in [0.5, 0.6) is 5.88 Å². The summed E-state index contributed by atoms with van der Waals surface area (Å²) >= 11 is 6.02. The van der Waals surface area contributed by atoms with E-state index in [1.54, 1.807) is 25.4 Å². The molecule has 0 spiro atoms. The summed E-state index contributed by atoms with van der Waals surface area (Å²) in [6.45, 7) is 1.13. The van der Waals surface area contributed by atoms with Gasteiger partial charge in [0.15, 0.2) is 0 Å². The van der Waals surface area contributed by atoms with Crippen molar-refractivity contribution in [3.8, 4) is 5.88 Å². The molecule has 0 atom stereocenters. The van der Waals surface area contributed by atoms with Crippen molar-refractivity contribution in [1.29, 1.82) is 0 Å². The third-order valence-electron chi connectivity index (χ3n) is 2.90. The monoisotopic (exact) mass is 307 g/mol. The van der Waals surface area contributed by atoms with Gasteiger partial charge in [-0.3, -0.25) is 10.1 Å². The van der Waals surface area contributed by atoms with Gasteiger partial charge in [0.2, 0.25) is 5.88 Å². The van der Waals surface area contributed by atoms with Crippen LogP contribution in [0.2, 0.25) is 5.02 Å². The summed E-state index contributed by atoms with van der Waals surface area (Å²) in [5.41, 5.74) is 1.81. The third-order valence-corrected chi connectivity index (χ3v) is 3.25. The Labute approximate surface area is 126 Å². The first-order valence-corrected chi connectivity index (χ1v) is 6.60. The number of hydrogen-bond donors (Lipinski definition) is 1. The molecule has 0 unspecified atom stereocenters. The summed E-state index contributed by atoms with van der Waals surface area (Å²) in [6.07, 6.45) is 1.73. The molecule has 0 amide bonds. The van der Waals surface area contributed by atoms with Crippen LogP contribution >= 0.6 is 11.6 Å². The highest BCUT2D eigenvalue weighted by Gasteiger charge is 2.09. The van der Waals surface area contributed by atoms with Gasteiger partial charge in [-0.15, -0.1) is 0 Å². The zero-order chi connectivity index (χ0) is 15.2. The van der Waals surface area contributed by atoms with Gasteiger partial charge in [-0.05, 0) is 17.2 Å². The molecule has 21 heavy (non-hydrogen) atoms. The molecule has 0 saturated heterocycles. The van der Waals surface area contributed by atoms with Crippen molar-refractivity contribution in [1.82, 2.24) is 10.3 Å². The predicted octanol–water partition coefficient (Wildman–Crippen LogP) is 2.94. The first-order chi connectivity index (χ1) is 10.1. The first kappa shape index (κ1) is 15.2. The fourth-order valence-electron chi connectivity index (χ4n) is 1.77. The average Bonchev–Trinajstić information content (AvgIpc) is 2.49. The Morgan fingerprint density at radius 2 is 2.14 bits per heavy atom. The molecule has 0 bridgehead atoms. The van der Waals surface area contributed by atoms with E-state index in [0.29, 0.717) is 24.0 Å². The van der Waals surface area contributed by atoms with Crippen LogP contribution in [0.25, 0.3) is 0 Å². The average molecular weight is 308 g/mol. The van der Waals surface area contributed by atoms with Crippen LogP contribution in [-0.2, 0) is 13.1 Å². The molecule has 0 aliphatic carbocycles. The zero-order valence-corrected chi connectivity index (χ0v) is 12.1. The summed E-state index contributed by atoms with van der Waals surface area (Å²) in [4.78, 5) is 14.3. The van der Waals surface area contributed by atoms with Gasteiger partial charge < -0.3 is 10.1 Å². The van der Waals surface area contributed by atoms with E-state index in [4.69, 9.17) is 16.3 Å². The van der Waals surface area contributed by atoms with Crippen LogP contribution in [0.4, 0.5) is 5.69 Å². The summed E-state index contributed by atoms with van der Waals surface area (Å²) in [5.74, 6) is 0.567. The molecule has 0 aliphatic heterocycles. The second-order valence-corrected chi connectivity index (χ2v) is 4.75. The minimum Gasteiger partial charge on any atom is -0.481 e. The third kappa shape index (κ3) is 4.14. The number of hydrogen-bond acceptors (Lipinski definition) is 5. The SMILES string of the molecule is COc1ccc(CNCc2ccc([N+](=O)[O-])cc2Cl)cn1. The number of ether oxygens (including phenoxy) is 1. The summed E-state index contributed by atoms with van der Waals surface area (Å²) in [6, 6.07) is 8.15. The topological polar surface area (TPSA) is 77.3 Å². The van der Waals surface area contributed by atoms with E-state index in [-0.39, 0.29) is 5.69 Å². The highest BCUT2D eigenvalue weighted by Crippen LogP contribution is 2.22. The van der Waals surface area contributed by atoms with Crippen LogP contribution in [-0.4, -0.2) is 17.0 Å². The number of non-ortho nitro benzene ring substituents is 1. The maximum absolute atomic E-state index is 10.6. The van der Waals surface area contributed by atoms with Gasteiger partial charge >= 0.3 is 0 Å². The molecule has 1 aromatic heterocycles. The van der Waals surface area contributed by atoms with Crippen molar-refractivity contribution in [2.24, 2.45) is 0 Å². The number of aromatic nitrogens is 1. The summed E-state index contributed by atoms with van der Waals surface area (Å²) < 4.78 is 4.99. The molecule has 110 valence electrons. The molecule has 0 saturated carbocycles. The lowest BCUT2D eigenvalue weighted by Crippen LogP contribution is -2.13. The predicted molar refractivity (Wildman–Crippen MR) is 79.4 cm³/mol. The molecule has 0 aliphatic rings. The highest BCUT2D eigenvalue weighted by molar-refractivity contribution is 6.31. The standard InChI is InChI=1S/C14H14ClN3O3/c1-21-14-5-2-10(8-17-14)7-16-9-11-3-4-12(18(19)20)6-13(11)15/h2-6,8,16H,7,9H2,1H3. The molecular weight excluding hydrogens is 294 g/mol. The number of benzene rings is 1. The number of rotatable bonds is 6. The minimum absolute atomic E-state index is 0.0110. The molecular formula is C14H14ClN3O3. The molecule has 2 rings (SSSR count). The first-order valence-electron chi connectivity index (χ1n) is 6.22. The fraction of sp³-hybridized carbons (Fsp3) is 0.214. The molecule has 2 aromatic rings. The van der Waals surface area contributed by atoms with Crippen LogP contribution in [0.3, 0.4) is 0 Å². The molecule has 0 fully saturated rings. The highest BCUT2D eigenvalue weighted by atomic mass is 35.5. The fourth-order valence-corrected chi connectivity index (χ4v) is 2.01. The minimum atomic E-state index is -0.466. The lowest BCUT2D eigenvalue weighted by atomic mass is 10.2. The Morgan fingerprint density at radius 3 is 2.71 bits per heavy atom. The second-order valence-electron chi connectivity index (χ2n) is 4.35. The molecule has 1 heterocycles. The number of nitrogens with zero attached hydrogens (tertiary/aromatic N) is 2. The largest absolute Gasteiger partial charge is 0.481 e. The zero-order valence-electron chi connectivity index (χ0n) is 11.4. The maximum Gasteiger partial charge on any atom is 0.270 e. The smallest absolute Gasteiger partial charge is 0.270 e. The molecule has 6 nitrogen and oxygen atoms in total. The lowest BCUT2D eigenvalue weighted by molar-refractivity contribution is -0.384. The molecule has 1 aromatic carbocycles. The number of pyridine rings is 1. The van der Waals surface area contributed by atoms with E-state index < -0.39 is 4.92 Å². The van der Waals surface area contributed by atoms with E-state index in [9.17, 15) is 10.1 Å². The second kappa shape index (κ2) is 7.01. The van der Waals surface area contributed by atoms with Crippen molar-refractivity contribution in [3.05, 3.63) is 62.8 Å². The van der Waals surface area contributed by atoms with E-state index in [0.717, 1.165) is 11.1 Å². The van der Waals surface area contributed by atoms with E-state index in [2.05, 4.69) is 10.3 Å². The Balaban J connectivity index is 1.92. The normalized spacial score (nSPS) is 10.4. The van der Waals surface area contributed by atoms with E-state index in [1.165, 1.54) is 12.1 Å². The number of methoxy groups -OCH3 is 1. The number of nitrogens with one attached hydrogen (secondary N) is 1. The van der Waals surface area contributed by atoms with Crippen LogP contribution in [0.15, 0.2) is 36.5 Å². The van der Waals surface area contributed by atoms with Crippen molar-refractivity contribution in [2.45, 2.75) is 13.1 Å². The summed E-state index contributed by atoms with van der Waals surface area (Å²) in [5, 5.41) is 14.2. The van der Waals surface area contributed by atoms with Gasteiger partial charge in [0.25, 0.3) is 5.69 Å². The van der Waals surface area contributed by atoms with Gasteiger partial charge in [-0.1, -0.05) is 17.7 Å². The number of halogens is 1. The van der Waals surface area contributed by atoms with Crippen LogP contribution < -0.4 is 10.1 Å². The van der Waals surface area contributed by atoms with E-state index in [1.807, 2.05) is 6.07 Å². The van der Waals surface area contributed by atoms with Gasteiger partial charge in [0.05, 0.1) is 17.1 Å². The van der Waals surface area contributed by atoms with Crippen LogP contribution in [0, 0.1) is 10.1 Å². The number of nitro groups is 1. The molecule has 0 radical (unpaired) electrons. The number of nitro benzene ring substituents is 1. The van der Waals surface area contributed by atoms with Crippen LogP contribution in [0.1, 0.15) is 11.1 Å². The maximum atomic E-state index is 10.6. The van der Waals surface area contributed by atoms with Crippen molar-refractivity contribution in [2.75, 3.05) is 7.11 Å². The van der Waals surface area contributed by atoms with Crippen molar-refractivity contribution >= 4 is 17.3 Å². The van der Waals surface area contributed by atoms with Crippen molar-refractivity contribution in [3.63, 3.8) is 0 Å².